The van der Waals surface area contributed by atoms with Gasteiger partial charge in [0.2, 0.25) is 0 Å². The molecule has 1 unspecified atom stereocenters. The van der Waals surface area contributed by atoms with Crippen LogP contribution >= 0.6 is 11.6 Å². The van der Waals surface area contributed by atoms with Gasteiger partial charge in [-0.2, -0.15) is 0 Å². The third kappa shape index (κ3) is 2.62. The quantitative estimate of drug-likeness (QED) is 0.820. The van der Waals surface area contributed by atoms with Crippen molar-refractivity contribution in [2.75, 3.05) is 31.1 Å². The zero-order valence-corrected chi connectivity index (χ0v) is 11.4. The van der Waals surface area contributed by atoms with Crippen molar-refractivity contribution in [2.24, 2.45) is 0 Å². The maximum atomic E-state index is 5.88. The average molecular weight is 266 g/mol. The fourth-order valence-corrected chi connectivity index (χ4v) is 3.20. The van der Waals surface area contributed by atoms with E-state index in [0.29, 0.717) is 5.02 Å². The molecule has 0 N–H and O–H groups in total. The summed E-state index contributed by atoms with van der Waals surface area (Å²) in [6.07, 6.45) is 7.16. The molecule has 2 fully saturated rings. The Bertz CT molecular complexity index is 387. The lowest BCUT2D eigenvalue weighted by atomic mass is 10.1. The number of anilines is 1. The molecule has 18 heavy (non-hydrogen) atoms. The highest BCUT2D eigenvalue weighted by Crippen LogP contribution is 2.24. The van der Waals surface area contributed by atoms with Gasteiger partial charge in [-0.1, -0.05) is 18.0 Å². The van der Waals surface area contributed by atoms with E-state index in [2.05, 4.69) is 14.8 Å². The molecule has 0 saturated carbocycles. The summed E-state index contributed by atoms with van der Waals surface area (Å²) in [5.74, 6) is 1.07. The van der Waals surface area contributed by atoms with Crippen molar-refractivity contribution in [2.45, 2.75) is 31.7 Å². The van der Waals surface area contributed by atoms with E-state index in [4.69, 9.17) is 11.6 Å². The first-order valence-electron chi connectivity index (χ1n) is 6.93. The van der Waals surface area contributed by atoms with Crippen molar-refractivity contribution in [3.63, 3.8) is 0 Å². The van der Waals surface area contributed by atoms with Crippen LogP contribution in [-0.2, 0) is 0 Å². The van der Waals surface area contributed by atoms with Crippen LogP contribution in [-0.4, -0.2) is 42.1 Å². The van der Waals surface area contributed by atoms with Crippen molar-refractivity contribution < 1.29 is 0 Å². The molecule has 3 heterocycles. The smallest absolute Gasteiger partial charge is 0.128 e. The molecule has 3 rings (SSSR count). The van der Waals surface area contributed by atoms with Gasteiger partial charge in [0.1, 0.15) is 5.82 Å². The number of hydrogen-bond donors (Lipinski definition) is 0. The van der Waals surface area contributed by atoms with Gasteiger partial charge in [-0.15, -0.1) is 0 Å². The standard InChI is InChI=1S/C14H20ClN3/c15-12-4-5-14(16-10-12)18-9-6-13(11-18)17-7-2-1-3-8-17/h4-5,10,13H,1-3,6-9,11H2. The topological polar surface area (TPSA) is 19.4 Å². The summed E-state index contributed by atoms with van der Waals surface area (Å²) in [6.45, 7) is 4.81. The number of hydrogen-bond acceptors (Lipinski definition) is 3. The minimum absolute atomic E-state index is 0.713. The van der Waals surface area contributed by atoms with Crippen LogP contribution < -0.4 is 4.90 Å². The van der Waals surface area contributed by atoms with Crippen LogP contribution in [0.25, 0.3) is 0 Å². The molecule has 0 amide bonds. The number of rotatable bonds is 2. The SMILES string of the molecule is Clc1ccc(N2CCC(N3CCCCC3)C2)nc1. The Morgan fingerprint density at radius 2 is 1.94 bits per heavy atom. The normalized spacial score (nSPS) is 25.6. The van der Waals surface area contributed by atoms with E-state index < -0.39 is 0 Å². The highest BCUT2D eigenvalue weighted by atomic mass is 35.5. The molecule has 3 nitrogen and oxygen atoms in total. The van der Waals surface area contributed by atoms with Crippen LogP contribution in [0.2, 0.25) is 5.02 Å². The highest BCUT2D eigenvalue weighted by Gasteiger charge is 2.28. The van der Waals surface area contributed by atoms with Gasteiger partial charge in [0, 0.05) is 25.3 Å². The molecule has 0 aromatic carbocycles. The molecule has 2 aliphatic rings. The summed E-state index contributed by atoms with van der Waals surface area (Å²) in [6, 6.07) is 4.68. The Balaban J connectivity index is 1.62. The number of halogens is 1. The van der Waals surface area contributed by atoms with Crippen LogP contribution in [0.3, 0.4) is 0 Å². The van der Waals surface area contributed by atoms with E-state index in [9.17, 15) is 0 Å². The van der Waals surface area contributed by atoms with E-state index in [-0.39, 0.29) is 0 Å². The van der Waals surface area contributed by atoms with Gasteiger partial charge in [-0.25, -0.2) is 4.98 Å². The van der Waals surface area contributed by atoms with Gasteiger partial charge >= 0.3 is 0 Å². The van der Waals surface area contributed by atoms with Gasteiger partial charge in [-0.05, 0) is 44.5 Å². The van der Waals surface area contributed by atoms with Crippen molar-refractivity contribution in [3.05, 3.63) is 23.4 Å². The predicted molar refractivity (Wildman–Crippen MR) is 75.3 cm³/mol. The van der Waals surface area contributed by atoms with E-state index in [1.165, 1.54) is 38.8 Å². The Morgan fingerprint density at radius 3 is 2.67 bits per heavy atom. The summed E-state index contributed by atoms with van der Waals surface area (Å²) in [5, 5.41) is 0.713. The minimum atomic E-state index is 0.713. The molecule has 1 atom stereocenters. The number of likely N-dealkylation sites (tertiary alicyclic amines) is 1. The molecular formula is C14H20ClN3. The number of pyridine rings is 1. The molecule has 1 aromatic heterocycles. The van der Waals surface area contributed by atoms with E-state index in [1.807, 2.05) is 12.1 Å². The maximum Gasteiger partial charge on any atom is 0.128 e. The zero-order valence-electron chi connectivity index (χ0n) is 10.7. The summed E-state index contributed by atoms with van der Waals surface area (Å²) >= 11 is 5.88. The lowest BCUT2D eigenvalue weighted by Crippen LogP contribution is -2.40. The fraction of sp³-hybridized carbons (Fsp3) is 0.643. The monoisotopic (exact) mass is 265 g/mol. The predicted octanol–water partition coefficient (Wildman–Crippen LogP) is 2.80. The van der Waals surface area contributed by atoms with Crippen LogP contribution in [0, 0.1) is 0 Å². The molecule has 4 heteroatoms. The second-order valence-corrected chi connectivity index (χ2v) is 5.76. The van der Waals surface area contributed by atoms with Crippen LogP contribution in [0.5, 0.6) is 0 Å². The van der Waals surface area contributed by atoms with Crippen LogP contribution in [0.15, 0.2) is 18.3 Å². The Morgan fingerprint density at radius 1 is 1.11 bits per heavy atom. The summed E-state index contributed by atoms with van der Waals surface area (Å²) in [5.41, 5.74) is 0. The second kappa shape index (κ2) is 5.45. The van der Waals surface area contributed by atoms with Crippen molar-refractivity contribution in [3.8, 4) is 0 Å². The van der Waals surface area contributed by atoms with Crippen molar-refractivity contribution in [1.82, 2.24) is 9.88 Å². The molecule has 1 aromatic rings. The number of aromatic nitrogens is 1. The first kappa shape index (κ1) is 12.2. The summed E-state index contributed by atoms with van der Waals surface area (Å²) in [7, 11) is 0. The Kier molecular flexibility index (Phi) is 3.71. The lowest BCUT2D eigenvalue weighted by molar-refractivity contribution is 0.175. The second-order valence-electron chi connectivity index (χ2n) is 5.32. The highest BCUT2D eigenvalue weighted by molar-refractivity contribution is 6.30. The Labute approximate surface area is 114 Å². The van der Waals surface area contributed by atoms with Gasteiger partial charge in [0.15, 0.2) is 0 Å². The third-order valence-corrected chi connectivity index (χ3v) is 4.33. The van der Waals surface area contributed by atoms with Crippen LogP contribution in [0.1, 0.15) is 25.7 Å². The lowest BCUT2D eigenvalue weighted by Gasteiger charge is -2.32. The van der Waals surface area contributed by atoms with Gasteiger partial charge in [0.05, 0.1) is 5.02 Å². The maximum absolute atomic E-state index is 5.88. The third-order valence-electron chi connectivity index (χ3n) is 4.11. The van der Waals surface area contributed by atoms with Gasteiger partial charge < -0.3 is 4.90 Å². The zero-order chi connectivity index (χ0) is 12.4. The Hall–Kier alpha value is -0.800. The van der Waals surface area contributed by atoms with E-state index >= 15 is 0 Å². The molecule has 0 radical (unpaired) electrons. The van der Waals surface area contributed by atoms with E-state index in [0.717, 1.165) is 24.9 Å². The van der Waals surface area contributed by atoms with Crippen LogP contribution in [0.4, 0.5) is 5.82 Å². The average Bonchev–Trinajstić information content (AvgIpc) is 2.90. The molecule has 0 spiro atoms. The van der Waals surface area contributed by atoms with E-state index in [1.54, 1.807) is 6.20 Å². The van der Waals surface area contributed by atoms with Gasteiger partial charge in [0.25, 0.3) is 0 Å². The van der Waals surface area contributed by atoms with Gasteiger partial charge in [-0.3, -0.25) is 4.90 Å². The summed E-state index contributed by atoms with van der Waals surface area (Å²) < 4.78 is 0. The minimum Gasteiger partial charge on any atom is -0.355 e. The molecule has 98 valence electrons. The molecule has 0 aliphatic carbocycles. The largest absolute Gasteiger partial charge is 0.355 e. The first-order chi connectivity index (χ1) is 8.83. The van der Waals surface area contributed by atoms with Crippen molar-refractivity contribution in [1.29, 1.82) is 0 Å². The molecular weight excluding hydrogens is 246 g/mol. The van der Waals surface area contributed by atoms with Crippen molar-refractivity contribution >= 4 is 17.4 Å². The number of piperidine rings is 1. The summed E-state index contributed by atoms with van der Waals surface area (Å²) in [4.78, 5) is 9.47. The molecule has 0 bridgehead atoms. The molecule has 2 saturated heterocycles. The first-order valence-corrected chi connectivity index (χ1v) is 7.31. The molecule has 2 aliphatic heterocycles. The number of nitrogens with zero attached hydrogens (tertiary/aromatic N) is 3. The fourth-order valence-electron chi connectivity index (χ4n) is 3.09.